The zero-order chi connectivity index (χ0) is 12.0. The smallest absolute Gasteiger partial charge is 0.146 e. The maximum atomic E-state index is 8.55. The van der Waals surface area contributed by atoms with E-state index < -0.39 is 0 Å². The molecule has 0 atom stereocenters. The van der Waals surface area contributed by atoms with Crippen molar-refractivity contribution < 1.29 is 0 Å². The zero-order valence-corrected chi connectivity index (χ0v) is 10.2. The molecule has 0 amide bonds. The lowest BCUT2D eigenvalue weighted by Gasteiger charge is -2.23. The van der Waals surface area contributed by atoms with Crippen LogP contribution in [0.4, 0.5) is 0 Å². The molecule has 0 aliphatic heterocycles. The zero-order valence-electron chi connectivity index (χ0n) is 10.2. The van der Waals surface area contributed by atoms with Crippen LogP contribution in [-0.4, -0.2) is 21.3 Å². The molecule has 0 saturated carbocycles. The van der Waals surface area contributed by atoms with Gasteiger partial charge in [0.15, 0.2) is 0 Å². The number of aromatic nitrogens is 3. The number of nitrogens with one attached hydrogen (secondary N) is 1. The third-order valence-electron chi connectivity index (χ3n) is 2.61. The lowest BCUT2D eigenvalue weighted by atomic mass is 9.88. The highest BCUT2D eigenvalue weighted by Gasteiger charge is 2.16. The second-order valence-corrected chi connectivity index (χ2v) is 4.78. The van der Waals surface area contributed by atoms with E-state index >= 15 is 0 Å². The van der Waals surface area contributed by atoms with Crippen LogP contribution in [0.15, 0.2) is 6.33 Å². The van der Waals surface area contributed by atoms with Gasteiger partial charge in [0.25, 0.3) is 0 Å². The van der Waals surface area contributed by atoms with Crippen LogP contribution in [0.25, 0.3) is 0 Å². The summed E-state index contributed by atoms with van der Waals surface area (Å²) in [5.41, 5.74) is 0.147. The van der Waals surface area contributed by atoms with Crippen LogP contribution in [0, 0.1) is 16.7 Å². The molecule has 1 aromatic heterocycles. The van der Waals surface area contributed by atoms with Gasteiger partial charge >= 0.3 is 0 Å². The molecular weight excluding hydrogens is 202 g/mol. The Morgan fingerprint density at radius 1 is 1.56 bits per heavy atom. The van der Waals surface area contributed by atoms with Gasteiger partial charge in [0, 0.05) is 20.0 Å². The lowest BCUT2D eigenvalue weighted by molar-refractivity contribution is 0.315. The molecule has 0 bridgehead atoms. The van der Waals surface area contributed by atoms with Crippen molar-refractivity contribution in [1.29, 1.82) is 5.26 Å². The number of nitriles is 1. The number of rotatable bonds is 6. The summed E-state index contributed by atoms with van der Waals surface area (Å²) >= 11 is 0. The quantitative estimate of drug-likeness (QED) is 0.784. The van der Waals surface area contributed by atoms with Gasteiger partial charge in [-0.25, -0.2) is 0 Å². The average molecular weight is 221 g/mol. The van der Waals surface area contributed by atoms with E-state index in [1.54, 1.807) is 6.33 Å². The van der Waals surface area contributed by atoms with Crippen molar-refractivity contribution in [2.75, 3.05) is 6.54 Å². The second kappa shape index (κ2) is 5.61. The van der Waals surface area contributed by atoms with Gasteiger partial charge in [-0.3, -0.25) is 0 Å². The van der Waals surface area contributed by atoms with Crippen LogP contribution < -0.4 is 5.32 Å². The molecule has 1 heterocycles. The number of hydrogen-bond acceptors (Lipinski definition) is 4. The Bertz CT molecular complexity index is 361. The van der Waals surface area contributed by atoms with Gasteiger partial charge < -0.3 is 9.88 Å². The Morgan fingerprint density at radius 2 is 2.31 bits per heavy atom. The topological polar surface area (TPSA) is 66.5 Å². The minimum Gasteiger partial charge on any atom is -0.320 e. The number of hydrogen-bond donors (Lipinski definition) is 1. The van der Waals surface area contributed by atoms with Crippen molar-refractivity contribution in [1.82, 2.24) is 20.1 Å². The third-order valence-corrected chi connectivity index (χ3v) is 2.61. The van der Waals surface area contributed by atoms with Crippen LogP contribution >= 0.6 is 0 Å². The van der Waals surface area contributed by atoms with Gasteiger partial charge in [-0.2, -0.15) is 5.26 Å². The summed E-state index contributed by atoms with van der Waals surface area (Å²) in [5.74, 6) is 0.927. The van der Waals surface area contributed by atoms with Crippen LogP contribution in [0.1, 0.15) is 32.5 Å². The lowest BCUT2D eigenvalue weighted by Crippen LogP contribution is -2.29. The summed E-state index contributed by atoms with van der Waals surface area (Å²) < 4.78 is 1.90. The standard InChI is InChI=1S/C11H19N5/c1-11(2,5-4-6-12)8-13-7-10-15-14-9-16(10)3/h9,13H,4-5,7-8H2,1-3H3. The fourth-order valence-corrected chi connectivity index (χ4v) is 1.46. The van der Waals surface area contributed by atoms with Gasteiger partial charge in [0.05, 0.1) is 12.6 Å². The fourth-order valence-electron chi connectivity index (χ4n) is 1.46. The van der Waals surface area contributed by atoms with E-state index in [0.29, 0.717) is 13.0 Å². The van der Waals surface area contributed by atoms with E-state index in [4.69, 9.17) is 5.26 Å². The minimum absolute atomic E-state index is 0.147. The molecule has 0 aliphatic carbocycles. The monoisotopic (exact) mass is 221 g/mol. The molecule has 5 heteroatoms. The van der Waals surface area contributed by atoms with Crippen LogP contribution in [0.3, 0.4) is 0 Å². The normalized spacial score (nSPS) is 11.4. The van der Waals surface area contributed by atoms with Gasteiger partial charge in [-0.05, 0) is 11.8 Å². The first-order valence-electron chi connectivity index (χ1n) is 5.46. The molecule has 1 rings (SSSR count). The first-order valence-corrected chi connectivity index (χ1v) is 5.46. The third kappa shape index (κ3) is 3.99. The summed E-state index contributed by atoms with van der Waals surface area (Å²) in [6, 6.07) is 2.18. The molecule has 0 spiro atoms. The maximum absolute atomic E-state index is 8.55. The van der Waals surface area contributed by atoms with Gasteiger partial charge in [0.1, 0.15) is 12.2 Å². The van der Waals surface area contributed by atoms with E-state index in [1.807, 2.05) is 11.6 Å². The van der Waals surface area contributed by atoms with Crippen molar-refractivity contribution in [3.05, 3.63) is 12.2 Å². The Morgan fingerprint density at radius 3 is 2.88 bits per heavy atom. The molecule has 16 heavy (non-hydrogen) atoms. The van der Waals surface area contributed by atoms with Gasteiger partial charge in [-0.15, -0.1) is 10.2 Å². The van der Waals surface area contributed by atoms with Crippen LogP contribution in [0.2, 0.25) is 0 Å². The number of nitrogens with zero attached hydrogens (tertiary/aromatic N) is 4. The molecular formula is C11H19N5. The predicted molar refractivity (Wildman–Crippen MR) is 61.3 cm³/mol. The van der Waals surface area contributed by atoms with Crippen molar-refractivity contribution in [3.63, 3.8) is 0 Å². The van der Waals surface area contributed by atoms with Crippen molar-refractivity contribution in [2.24, 2.45) is 12.5 Å². The summed E-state index contributed by atoms with van der Waals surface area (Å²) in [6.45, 7) is 5.91. The largest absolute Gasteiger partial charge is 0.320 e. The second-order valence-electron chi connectivity index (χ2n) is 4.78. The van der Waals surface area contributed by atoms with E-state index in [2.05, 4.69) is 35.4 Å². The molecule has 1 N–H and O–H groups in total. The molecule has 1 aromatic rings. The number of aryl methyl sites for hydroxylation is 1. The highest BCUT2D eigenvalue weighted by molar-refractivity contribution is 4.85. The summed E-state index contributed by atoms with van der Waals surface area (Å²) in [5, 5.41) is 19.7. The van der Waals surface area contributed by atoms with Crippen LogP contribution in [-0.2, 0) is 13.6 Å². The minimum atomic E-state index is 0.147. The SMILES string of the molecule is Cn1cnnc1CNCC(C)(C)CCC#N. The summed E-state index contributed by atoms with van der Waals surface area (Å²) in [4.78, 5) is 0. The molecule has 0 unspecified atom stereocenters. The van der Waals surface area contributed by atoms with Crippen molar-refractivity contribution in [2.45, 2.75) is 33.2 Å². The average Bonchev–Trinajstić information content (AvgIpc) is 2.62. The molecule has 0 aliphatic rings. The first kappa shape index (κ1) is 12.7. The molecule has 88 valence electrons. The molecule has 0 radical (unpaired) electrons. The Labute approximate surface area is 96.5 Å². The van der Waals surface area contributed by atoms with E-state index in [-0.39, 0.29) is 5.41 Å². The van der Waals surface area contributed by atoms with Crippen molar-refractivity contribution >= 4 is 0 Å². The highest BCUT2D eigenvalue weighted by atomic mass is 15.3. The fraction of sp³-hybridized carbons (Fsp3) is 0.727. The summed E-state index contributed by atoms with van der Waals surface area (Å²) in [7, 11) is 1.93. The Kier molecular flexibility index (Phi) is 4.44. The van der Waals surface area contributed by atoms with Crippen LogP contribution in [0.5, 0.6) is 0 Å². The van der Waals surface area contributed by atoms with E-state index in [9.17, 15) is 0 Å². The molecule has 0 saturated heterocycles. The van der Waals surface area contributed by atoms with E-state index in [1.165, 1.54) is 0 Å². The maximum Gasteiger partial charge on any atom is 0.146 e. The Balaban J connectivity index is 2.30. The molecule has 0 aromatic carbocycles. The van der Waals surface area contributed by atoms with Gasteiger partial charge in [0.2, 0.25) is 0 Å². The van der Waals surface area contributed by atoms with Gasteiger partial charge in [-0.1, -0.05) is 13.8 Å². The first-order chi connectivity index (χ1) is 7.55. The summed E-state index contributed by atoms with van der Waals surface area (Å²) in [6.07, 6.45) is 3.21. The molecule has 5 nitrogen and oxygen atoms in total. The highest BCUT2D eigenvalue weighted by Crippen LogP contribution is 2.20. The molecule has 0 fully saturated rings. The van der Waals surface area contributed by atoms with Crippen molar-refractivity contribution in [3.8, 4) is 6.07 Å². The van der Waals surface area contributed by atoms with E-state index in [0.717, 1.165) is 18.8 Å². The predicted octanol–water partition coefficient (Wildman–Crippen LogP) is 1.23. The Hall–Kier alpha value is -1.41.